The van der Waals surface area contributed by atoms with Gasteiger partial charge in [0.1, 0.15) is 5.82 Å². The predicted octanol–water partition coefficient (Wildman–Crippen LogP) is 2.37. The van der Waals surface area contributed by atoms with Crippen LogP contribution in [-0.2, 0) is 13.1 Å². The van der Waals surface area contributed by atoms with Gasteiger partial charge in [-0.1, -0.05) is 18.5 Å². The Bertz CT molecular complexity index is 1080. The molecular weight excluding hydrogens is 400 g/mol. The Morgan fingerprint density at radius 2 is 1.87 bits per heavy atom. The summed E-state index contributed by atoms with van der Waals surface area (Å²) in [6.45, 7) is 8.79. The largest absolute Gasteiger partial charge is 0.354 e. The Labute approximate surface area is 180 Å². The number of aromatic nitrogens is 5. The van der Waals surface area contributed by atoms with Crippen molar-refractivity contribution in [3.05, 3.63) is 53.2 Å². The van der Waals surface area contributed by atoms with Gasteiger partial charge in [-0.25, -0.2) is 4.98 Å². The smallest absolute Gasteiger partial charge is 0.231 e. The lowest BCUT2D eigenvalue weighted by Gasteiger charge is -2.60. The summed E-state index contributed by atoms with van der Waals surface area (Å²) < 4.78 is 2.23. The molecule has 0 unspecified atom stereocenters. The van der Waals surface area contributed by atoms with Gasteiger partial charge >= 0.3 is 0 Å². The summed E-state index contributed by atoms with van der Waals surface area (Å²) in [4.78, 5) is 15.6. The molecule has 30 heavy (non-hydrogen) atoms. The van der Waals surface area contributed by atoms with Crippen LogP contribution in [0.3, 0.4) is 0 Å². The zero-order chi connectivity index (χ0) is 20.3. The van der Waals surface area contributed by atoms with Gasteiger partial charge < -0.3 is 9.80 Å². The van der Waals surface area contributed by atoms with E-state index in [1.54, 1.807) is 12.4 Å². The number of nitrogens with zero attached hydrogens (tertiary/aromatic N) is 8. The quantitative estimate of drug-likeness (QED) is 0.642. The molecule has 0 saturated carbocycles. The summed E-state index contributed by atoms with van der Waals surface area (Å²) in [5.41, 5.74) is 2.67. The number of halogens is 1. The van der Waals surface area contributed by atoms with E-state index in [0.717, 1.165) is 74.1 Å². The summed E-state index contributed by atoms with van der Waals surface area (Å²) in [6, 6.07) is 6.13. The monoisotopic (exact) mass is 422 g/mol. The third kappa shape index (κ3) is 2.78. The van der Waals surface area contributed by atoms with Crippen LogP contribution < -0.4 is 9.80 Å². The van der Waals surface area contributed by atoms with Crippen LogP contribution in [0.5, 0.6) is 0 Å². The molecule has 0 bridgehead atoms. The minimum absolute atomic E-state index is 0.312. The van der Waals surface area contributed by atoms with Gasteiger partial charge in [0.05, 0.1) is 18.4 Å². The highest BCUT2D eigenvalue weighted by Gasteiger charge is 2.53. The maximum atomic E-state index is 6.31. The van der Waals surface area contributed by atoms with Crippen molar-refractivity contribution in [3.8, 4) is 5.69 Å². The molecule has 9 heteroatoms. The molecule has 3 aliphatic heterocycles. The Balaban J connectivity index is 1.26. The van der Waals surface area contributed by atoms with E-state index in [2.05, 4.69) is 58.5 Å². The van der Waals surface area contributed by atoms with E-state index in [1.807, 2.05) is 12.3 Å². The van der Waals surface area contributed by atoms with Gasteiger partial charge in [0.2, 0.25) is 5.95 Å². The van der Waals surface area contributed by atoms with E-state index < -0.39 is 0 Å². The van der Waals surface area contributed by atoms with Gasteiger partial charge in [-0.2, -0.15) is 0 Å². The first-order valence-electron chi connectivity index (χ1n) is 10.4. The van der Waals surface area contributed by atoms with Crippen molar-refractivity contribution in [2.45, 2.75) is 20.0 Å². The fraction of sp³-hybridized carbons (Fsp3) is 0.429. The summed E-state index contributed by atoms with van der Waals surface area (Å²) in [5.74, 6) is 2.89. The molecule has 2 fully saturated rings. The molecule has 0 aliphatic carbocycles. The maximum absolute atomic E-state index is 6.31. The highest BCUT2D eigenvalue weighted by atomic mass is 35.5. The third-order valence-corrected chi connectivity index (χ3v) is 6.70. The number of hydrogen-bond acceptors (Lipinski definition) is 7. The lowest BCUT2D eigenvalue weighted by atomic mass is 9.73. The van der Waals surface area contributed by atoms with Crippen molar-refractivity contribution in [2.75, 3.05) is 42.5 Å². The number of hydrogen-bond donors (Lipinski definition) is 0. The average molecular weight is 423 g/mol. The van der Waals surface area contributed by atoms with E-state index in [0.29, 0.717) is 5.41 Å². The van der Waals surface area contributed by atoms with Crippen LogP contribution in [-0.4, -0.2) is 62.4 Å². The van der Waals surface area contributed by atoms with E-state index in [4.69, 9.17) is 11.6 Å². The molecule has 154 valence electrons. The van der Waals surface area contributed by atoms with Gasteiger partial charge in [-0.15, -0.1) is 10.2 Å². The van der Waals surface area contributed by atoms with Crippen LogP contribution in [0.15, 0.2) is 36.8 Å². The highest BCUT2D eigenvalue weighted by Crippen LogP contribution is 2.43. The Morgan fingerprint density at radius 1 is 1.03 bits per heavy atom. The fourth-order valence-electron chi connectivity index (χ4n) is 4.97. The predicted molar refractivity (Wildman–Crippen MR) is 115 cm³/mol. The molecule has 2 aromatic heterocycles. The Morgan fingerprint density at radius 3 is 2.63 bits per heavy atom. The molecular formula is C21H23ClN8. The van der Waals surface area contributed by atoms with Crippen LogP contribution in [0.25, 0.3) is 5.69 Å². The highest BCUT2D eigenvalue weighted by molar-refractivity contribution is 6.30. The lowest BCUT2D eigenvalue weighted by Crippen LogP contribution is -2.73. The second-order valence-corrected chi connectivity index (χ2v) is 9.04. The van der Waals surface area contributed by atoms with Gasteiger partial charge in [-0.05, 0) is 30.3 Å². The summed E-state index contributed by atoms with van der Waals surface area (Å²) in [6.07, 6.45) is 5.30. The van der Waals surface area contributed by atoms with E-state index >= 15 is 0 Å². The molecule has 3 aliphatic rings. The van der Waals surface area contributed by atoms with Gasteiger partial charge in [-0.3, -0.25) is 14.5 Å². The molecule has 6 rings (SSSR count). The number of anilines is 2. The molecule has 0 radical (unpaired) electrons. The summed E-state index contributed by atoms with van der Waals surface area (Å²) in [5, 5.41) is 9.93. The van der Waals surface area contributed by atoms with Crippen molar-refractivity contribution >= 4 is 23.4 Å². The van der Waals surface area contributed by atoms with Crippen molar-refractivity contribution < 1.29 is 0 Å². The minimum atomic E-state index is 0.312. The fourth-order valence-corrected chi connectivity index (χ4v) is 5.16. The molecule has 1 aromatic carbocycles. The van der Waals surface area contributed by atoms with E-state index in [1.165, 1.54) is 5.56 Å². The van der Waals surface area contributed by atoms with Gasteiger partial charge in [0.15, 0.2) is 5.82 Å². The second-order valence-electron chi connectivity index (χ2n) is 8.60. The Kier molecular flexibility index (Phi) is 4.01. The molecule has 8 nitrogen and oxygen atoms in total. The zero-order valence-corrected chi connectivity index (χ0v) is 17.6. The zero-order valence-electron chi connectivity index (χ0n) is 16.9. The SMILES string of the molecule is CCN1Cc2cc(Cl)ccc2-n2c(nnc2N2CC3(CN(c4cnccn4)C3)C2)C1. The van der Waals surface area contributed by atoms with E-state index in [-0.39, 0.29) is 0 Å². The first-order chi connectivity index (χ1) is 14.6. The standard InChI is InChI=1S/C21H23ClN8/c1-2-27-9-15-7-16(22)3-4-17(15)30-19(10-27)25-26-20(30)29-13-21(14-29)11-28(12-21)18-8-23-5-6-24-18/h3-8H,2,9-14H2,1H3. The minimum Gasteiger partial charge on any atom is -0.354 e. The van der Waals surface area contributed by atoms with Gasteiger partial charge in [0, 0.05) is 55.6 Å². The Hall–Kier alpha value is -2.71. The summed E-state index contributed by atoms with van der Waals surface area (Å²) in [7, 11) is 0. The normalized spacial score (nSPS) is 19.7. The van der Waals surface area contributed by atoms with Crippen LogP contribution in [0.1, 0.15) is 18.3 Å². The lowest BCUT2D eigenvalue weighted by molar-refractivity contribution is 0.153. The molecule has 3 aromatic rings. The van der Waals surface area contributed by atoms with Crippen molar-refractivity contribution in [3.63, 3.8) is 0 Å². The van der Waals surface area contributed by atoms with Crippen LogP contribution >= 0.6 is 11.6 Å². The van der Waals surface area contributed by atoms with Crippen molar-refractivity contribution in [2.24, 2.45) is 5.41 Å². The van der Waals surface area contributed by atoms with Crippen molar-refractivity contribution in [1.29, 1.82) is 0 Å². The van der Waals surface area contributed by atoms with Crippen molar-refractivity contribution in [1.82, 2.24) is 29.6 Å². The number of fused-ring (bicyclic) bond motifs is 3. The third-order valence-electron chi connectivity index (χ3n) is 6.46. The van der Waals surface area contributed by atoms with Crippen LogP contribution in [0, 0.1) is 5.41 Å². The van der Waals surface area contributed by atoms with Crippen LogP contribution in [0.2, 0.25) is 5.02 Å². The number of benzene rings is 1. The maximum Gasteiger partial charge on any atom is 0.231 e. The molecule has 0 atom stereocenters. The molecule has 2 saturated heterocycles. The second kappa shape index (κ2) is 6.65. The molecule has 0 amide bonds. The number of rotatable bonds is 3. The average Bonchev–Trinajstić information content (AvgIpc) is 3.02. The first kappa shape index (κ1) is 18.1. The summed E-state index contributed by atoms with van der Waals surface area (Å²) >= 11 is 6.31. The molecule has 1 spiro atoms. The van der Waals surface area contributed by atoms with E-state index in [9.17, 15) is 0 Å². The van der Waals surface area contributed by atoms with Gasteiger partial charge in [0.25, 0.3) is 0 Å². The molecule has 5 heterocycles. The van der Waals surface area contributed by atoms with Crippen LogP contribution in [0.4, 0.5) is 11.8 Å². The molecule has 0 N–H and O–H groups in total. The first-order valence-corrected chi connectivity index (χ1v) is 10.7. The topological polar surface area (TPSA) is 66.2 Å².